The van der Waals surface area contributed by atoms with Crippen LogP contribution in [0, 0.1) is 41.3 Å². The van der Waals surface area contributed by atoms with Crippen LogP contribution in [0.2, 0.25) is 0 Å². The van der Waals surface area contributed by atoms with Crippen molar-refractivity contribution >= 4 is 0 Å². The van der Waals surface area contributed by atoms with Crippen molar-refractivity contribution in [3.63, 3.8) is 0 Å². The summed E-state index contributed by atoms with van der Waals surface area (Å²) in [7, 11) is 0. The molecule has 1 atom stereocenters. The lowest BCUT2D eigenvalue weighted by atomic mass is 9.83. The van der Waals surface area contributed by atoms with Crippen LogP contribution < -0.4 is 0 Å². The van der Waals surface area contributed by atoms with Gasteiger partial charge in [-0.3, -0.25) is 4.98 Å². The first kappa shape index (κ1) is 21.0. The molecular weight excluding hydrogens is 401 g/mol. The molecule has 0 aliphatic rings. The van der Waals surface area contributed by atoms with Gasteiger partial charge in [-0.1, -0.05) is 24.3 Å². The Bertz CT molecular complexity index is 1280. The van der Waals surface area contributed by atoms with Gasteiger partial charge < -0.3 is 0 Å². The minimum atomic E-state index is -0.898. The zero-order valence-corrected chi connectivity index (χ0v) is 17.5. The van der Waals surface area contributed by atoms with E-state index in [1.54, 1.807) is 16.8 Å². The van der Waals surface area contributed by atoms with Crippen molar-refractivity contribution in [1.82, 2.24) is 14.8 Å². The second-order valence-corrected chi connectivity index (χ2v) is 7.54. The topological polar surface area (TPSA) is 78.3 Å². The summed E-state index contributed by atoms with van der Waals surface area (Å²) in [6.07, 6.45) is 2.26. The monoisotopic (exact) mass is 421 g/mol. The lowest BCUT2D eigenvalue weighted by Gasteiger charge is -2.17. The minimum absolute atomic E-state index is 0.342. The Labute approximate surface area is 186 Å². The SMILES string of the molecule is Cc1cccc(CC(c2cn(-c3ccccc3)nc2-c2ccc(F)cc2)C(C#N)C#N)n1. The largest absolute Gasteiger partial charge is 0.258 e. The first-order valence-electron chi connectivity index (χ1n) is 10.2. The standard InChI is InChI=1S/C26H20FN5/c1-18-6-5-7-22(30-18)14-24(20(15-28)16-29)25-17-32(23-8-3-2-4-9-23)31-26(25)19-10-12-21(27)13-11-19/h2-13,17,20,24H,14H2,1H3. The number of rotatable bonds is 6. The quantitative estimate of drug-likeness (QED) is 0.419. The van der Waals surface area contributed by atoms with Gasteiger partial charge in [0.25, 0.3) is 0 Å². The van der Waals surface area contributed by atoms with E-state index in [1.807, 2.05) is 61.7 Å². The highest BCUT2D eigenvalue weighted by Crippen LogP contribution is 2.35. The van der Waals surface area contributed by atoms with E-state index in [4.69, 9.17) is 5.10 Å². The Morgan fingerprint density at radius 1 is 0.938 bits per heavy atom. The van der Waals surface area contributed by atoms with Crippen molar-refractivity contribution in [3.8, 4) is 29.1 Å². The van der Waals surface area contributed by atoms with E-state index in [2.05, 4.69) is 17.1 Å². The van der Waals surface area contributed by atoms with Gasteiger partial charge in [-0.15, -0.1) is 0 Å². The molecule has 2 heterocycles. The molecule has 2 aromatic heterocycles. The number of para-hydroxylation sites is 1. The molecule has 0 spiro atoms. The summed E-state index contributed by atoms with van der Waals surface area (Å²) >= 11 is 0. The van der Waals surface area contributed by atoms with E-state index in [0.29, 0.717) is 17.7 Å². The van der Waals surface area contributed by atoms with Gasteiger partial charge in [-0.25, -0.2) is 9.07 Å². The maximum Gasteiger partial charge on any atom is 0.140 e. The van der Waals surface area contributed by atoms with Gasteiger partial charge in [-0.2, -0.15) is 15.6 Å². The molecule has 0 saturated heterocycles. The van der Waals surface area contributed by atoms with E-state index >= 15 is 0 Å². The van der Waals surface area contributed by atoms with Crippen LogP contribution in [0.1, 0.15) is 22.9 Å². The highest BCUT2D eigenvalue weighted by atomic mass is 19.1. The Balaban J connectivity index is 1.88. The smallest absolute Gasteiger partial charge is 0.140 e. The fourth-order valence-electron chi connectivity index (χ4n) is 3.76. The number of aromatic nitrogens is 3. The van der Waals surface area contributed by atoms with E-state index in [1.165, 1.54) is 12.1 Å². The fraction of sp³-hybridized carbons (Fsp3) is 0.154. The second kappa shape index (κ2) is 9.24. The third kappa shape index (κ3) is 4.40. The molecule has 6 heteroatoms. The van der Waals surface area contributed by atoms with Crippen molar-refractivity contribution in [1.29, 1.82) is 10.5 Å². The summed E-state index contributed by atoms with van der Waals surface area (Å²) in [5, 5.41) is 24.3. The van der Waals surface area contributed by atoms with Gasteiger partial charge in [0.2, 0.25) is 0 Å². The summed E-state index contributed by atoms with van der Waals surface area (Å²) in [6.45, 7) is 1.90. The summed E-state index contributed by atoms with van der Waals surface area (Å²) < 4.78 is 15.3. The zero-order valence-electron chi connectivity index (χ0n) is 17.5. The molecular formula is C26H20FN5. The van der Waals surface area contributed by atoms with Crippen LogP contribution in [-0.4, -0.2) is 14.8 Å². The lowest BCUT2D eigenvalue weighted by Crippen LogP contribution is -2.14. The van der Waals surface area contributed by atoms with E-state index < -0.39 is 11.8 Å². The number of hydrogen-bond acceptors (Lipinski definition) is 4. The van der Waals surface area contributed by atoms with Crippen molar-refractivity contribution < 1.29 is 4.39 Å². The molecule has 0 aliphatic carbocycles. The second-order valence-electron chi connectivity index (χ2n) is 7.54. The molecule has 0 radical (unpaired) electrons. The van der Waals surface area contributed by atoms with E-state index in [9.17, 15) is 14.9 Å². The summed E-state index contributed by atoms with van der Waals surface area (Å²) in [5.74, 6) is -1.70. The van der Waals surface area contributed by atoms with E-state index in [0.717, 1.165) is 22.6 Å². The van der Waals surface area contributed by atoms with Crippen molar-refractivity contribution in [2.45, 2.75) is 19.3 Å². The lowest BCUT2D eigenvalue weighted by molar-refractivity contribution is 0.600. The van der Waals surface area contributed by atoms with Gasteiger partial charge in [0, 0.05) is 34.6 Å². The third-order valence-corrected chi connectivity index (χ3v) is 5.34. The molecule has 0 amide bonds. The molecule has 0 N–H and O–H groups in total. The molecule has 2 aromatic carbocycles. The highest BCUT2D eigenvalue weighted by molar-refractivity contribution is 5.64. The average Bonchev–Trinajstić information content (AvgIpc) is 3.25. The summed E-state index contributed by atoms with van der Waals surface area (Å²) in [4.78, 5) is 4.57. The van der Waals surface area contributed by atoms with Crippen molar-refractivity contribution in [2.24, 2.45) is 5.92 Å². The predicted molar refractivity (Wildman–Crippen MR) is 119 cm³/mol. The number of pyridine rings is 1. The minimum Gasteiger partial charge on any atom is -0.258 e. The number of benzene rings is 2. The van der Waals surface area contributed by atoms with Gasteiger partial charge in [0.05, 0.1) is 23.5 Å². The Hall–Kier alpha value is -4.29. The number of hydrogen-bond donors (Lipinski definition) is 0. The molecule has 1 unspecified atom stereocenters. The Morgan fingerprint density at radius 2 is 1.66 bits per heavy atom. The maximum absolute atomic E-state index is 13.6. The van der Waals surface area contributed by atoms with Gasteiger partial charge in [0.15, 0.2) is 0 Å². The van der Waals surface area contributed by atoms with Crippen LogP contribution >= 0.6 is 0 Å². The Morgan fingerprint density at radius 3 is 2.31 bits per heavy atom. The normalized spacial score (nSPS) is 11.7. The van der Waals surface area contributed by atoms with E-state index in [-0.39, 0.29) is 5.82 Å². The van der Waals surface area contributed by atoms with Crippen LogP contribution in [0.15, 0.2) is 79.0 Å². The fourth-order valence-corrected chi connectivity index (χ4v) is 3.76. The zero-order chi connectivity index (χ0) is 22.5. The van der Waals surface area contributed by atoms with Crippen molar-refractivity contribution in [2.75, 3.05) is 0 Å². The molecule has 0 saturated carbocycles. The van der Waals surface area contributed by atoms with Gasteiger partial charge in [-0.05, 0) is 61.9 Å². The number of halogens is 1. The van der Waals surface area contributed by atoms with Crippen LogP contribution in [0.3, 0.4) is 0 Å². The molecule has 4 aromatic rings. The molecule has 5 nitrogen and oxygen atoms in total. The van der Waals surface area contributed by atoms with Crippen LogP contribution in [0.25, 0.3) is 16.9 Å². The number of nitrogens with zero attached hydrogens (tertiary/aromatic N) is 5. The maximum atomic E-state index is 13.6. The molecule has 0 fully saturated rings. The van der Waals surface area contributed by atoms with Crippen LogP contribution in [0.4, 0.5) is 4.39 Å². The highest BCUT2D eigenvalue weighted by Gasteiger charge is 2.29. The molecule has 32 heavy (non-hydrogen) atoms. The van der Waals surface area contributed by atoms with Crippen LogP contribution in [0.5, 0.6) is 0 Å². The first-order chi connectivity index (χ1) is 15.6. The molecule has 0 bridgehead atoms. The summed E-state index contributed by atoms with van der Waals surface area (Å²) in [6, 6.07) is 25.7. The first-order valence-corrected chi connectivity index (χ1v) is 10.2. The average molecular weight is 421 g/mol. The third-order valence-electron chi connectivity index (χ3n) is 5.34. The van der Waals surface area contributed by atoms with Gasteiger partial charge in [0.1, 0.15) is 11.7 Å². The number of aryl methyl sites for hydroxylation is 1. The predicted octanol–water partition coefficient (Wildman–Crippen LogP) is 5.37. The molecule has 0 aliphatic heterocycles. The number of nitriles is 2. The van der Waals surface area contributed by atoms with Crippen LogP contribution in [-0.2, 0) is 6.42 Å². The van der Waals surface area contributed by atoms with Gasteiger partial charge >= 0.3 is 0 Å². The summed E-state index contributed by atoms with van der Waals surface area (Å²) in [5.41, 5.74) is 4.58. The Kier molecular flexibility index (Phi) is 6.05. The molecule has 4 rings (SSSR count). The molecule has 156 valence electrons. The van der Waals surface area contributed by atoms with Crippen molar-refractivity contribution in [3.05, 3.63) is 102 Å².